The maximum absolute atomic E-state index is 13.8. The van der Waals surface area contributed by atoms with Crippen LogP contribution >= 0.6 is 0 Å². The van der Waals surface area contributed by atoms with Crippen molar-refractivity contribution in [1.29, 1.82) is 0 Å². The van der Waals surface area contributed by atoms with Gasteiger partial charge in [-0.1, -0.05) is 60.7 Å². The molecule has 168 valence electrons. The van der Waals surface area contributed by atoms with Gasteiger partial charge in [-0.3, -0.25) is 9.78 Å². The van der Waals surface area contributed by atoms with E-state index < -0.39 is 0 Å². The molecule has 1 heterocycles. The highest BCUT2D eigenvalue weighted by atomic mass is 16.2. The molecule has 0 spiro atoms. The first kappa shape index (κ1) is 20.7. The van der Waals surface area contributed by atoms with Crippen molar-refractivity contribution in [3.8, 4) is 0 Å². The number of carbonyl (C=O) groups is 1. The second-order valence-corrected chi connectivity index (χ2v) is 10.8. The van der Waals surface area contributed by atoms with Gasteiger partial charge in [0.25, 0.3) is 5.91 Å². The molecular formula is C30H32N2O. The van der Waals surface area contributed by atoms with Crippen LogP contribution in [0, 0.1) is 17.8 Å². The summed E-state index contributed by atoms with van der Waals surface area (Å²) in [7, 11) is 0. The van der Waals surface area contributed by atoms with Gasteiger partial charge in [0.1, 0.15) is 0 Å². The summed E-state index contributed by atoms with van der Waals surface area (Å²) in [6, 6.07) is 24.6. The van der Waals surface area contributed by atoms with Crippen LogP contribution in [-0.2, 0) is 18.5 Å². The number of pyridine rings is 1. The molecule has 3 nitrogen and oxygen atoms in total. The number of amides is 1. The number of hydrogen-bond acceptors (Lipinski definition) is 2. The van der Waals surface area contributed by atoms with Gasteiger partial charge in [0.2, 0.25) is 0 Å². The fraction of sp³-hybridized carbons (Fsp3) is 0.400. The average molecular weight is 437 g/mol. The molecule has 3 heteroatoms. The predicted molar refractivity (Wildman–Crippen MR) is 131 cm³/mol. The minimum Gasteiger partial charge on any atom is -0.330 e. The van der Waals surface area contributed by atoms with Crippen molar-refractivity contribution in [3.05, 3.63) is 101 Å². The first-order valence-corrected chi connectivity index (χ1v) is 12.5. The Balaban J connectivity index is 1.30. The summed E-state index contributed by atoms with van der Waals surface area (Å²) in [4.78, 5) is 20.7. The summed E-state index contributed by atoms with van der Waals surface area (Å²) in [5, 5.41) is 0. The fourth-order valence-corrected chi connectivity index (χ4v) is 7.27. The van der Waals surface area contributed by atoms with Crippen LogP contribution in [0.25, 0.3) is 0 Å². The van der Waals surface area contributed by atoms with Gasteiger partial charge in [-0.2, -0.15) is 0 Å². The number of aromatic nitrogens is 1. The van der Waals surface area contributed by atoms with Gasteiger partial charge < -0.3 is 4.90 Å². The van der Waals surface area contributed by atoms with Gasteiger partial charge in [-0.25, -0.2) is 0 Å². The number of carbonyl (C=O) groups excluding carboxylic acids is 1. The van der Waals surface area contributed by atoms with Crippen molar-refractivity contribution in [2.45, 2.75) is 57.0 Å². The van der Waals surface area contributed by atoms with Crippen LogP contribution in [0.5, 0.6) is 0 Å². The van der Waals surface area contributed by atoms with E-state index in [1.807, 2.05) is 53.6 Å². The minimum absolute atomic E-state index is 0.0936. The second kappa shape index (κ2) is 8.44. The molecule has 1 amide bonds. The fourth-order valence-electron chi connectivity index (χ4n) is 7.27. The van der Waals surface area contributed by atoms with Crippen molar-refractivity contribution in [2.75, 3.05) is 0 Å². The normalized spacial score (nSPS) is 27.5. The highest BCUT2D eigenvalue weighted by Crippen LogP contribution is 2.60. The molecule has 0 unspecified atom stereocenters. The van der Waals surface area contributed by atoms with E-state index in [1.165, 1.54) is 44.2 Å². The lowest BCUT2D eigenvalue weighted by Crippen LogP contribution is -2.49. The zero-order valence-corrected chi connectivity index (χ0v) is 19.2. The van der Waals surface area contributed by atoms with E-state index in [4.69, 9.17) is 4.98 Å². The lowest BCUT2D eigenvalue weighted by atomic mass is 9.48. The van der Waals surface area contributed by atoms with Crippen molar-refractivity contribution in [3.63, 3.8) is 0 Å². The van der Waals surface area contributed by atoms with Crippen molar-refractivity contribution in [1.82, 2.24) is 9.88 Å². The lowest BCUT2D eigenvalue weighted by molar-refractivity contribution is -0.00723. The second-order valence-electron chi connectivity index (χ2n) is 10.8. The van der Waals surface area contributed by atoms with E-state index in [0.29, 0.717) is 13.1 Å². The largest absolute Gasteiger partial charge is 0.330 e. The van der Waals surface area contributed by atoms with E-state index in [-0.39, 0.29) is 11.3 Å². The van der Waals surface area contributed by atoms with Crippen LogP contribution in [0.4, 0.5) is 0 Å². The summed E-state index contributed by atoms with van der Waals surface area (Å²) in [6.45, 7) is 1.20. The molecule has 0 aliphatic heterocycles. The first-order chi connectivity index (χ1) is 16.2. The van der Waals surface area contributed by atoms with Crippen LogP contribution in [0.3, 0.4) is 0 Å². The lowest BCUT2D eigenvalue weighted by Gasteiger charge is -2.56. The standard InChI is InChI=1S/C30H32N2O/c33-29(32(20-22-7-3-1-4-8-22)21-23-9-5-2-6-10-23)27-11-12-31-28(16-27)30-17-24-13-25(18-30)15-26(14-24)19-30/h1-12,16,24-26H,13-15,17-21H2. The quantitative estimate of drug-likeness (QED) is 0.448. The van der Waals surface area contributed by atoms with E-state index in [0.717, 1.165) is 34.4 Å². The third kappa shape index (κ3) is 4.10. The van der Waals surface area contributed by atoms with Crippen LogP contribution in [-0.4, -0.2) is 15.8 Å². The van der Waals surface area contributed by atoms with E-state index in [2.05, 4.69) is 30.3 Å². The van der Waals surface area contributed by atoms with Crippen LogP contribution in [0.1, 0.15) is 65.7 Å². The Bertz CT molecular complexity index is 1050. The molecular weight excluding hydrogens is 404 g/mol. The maximum Gasteiger partial charge on any atom is 0.254 e. The molecule has 33 heavy (non-hydrogen) atoms. The molecule has 4 fully saturated rings. The Morgan fingerprint density at radius 3 is 1.82 bits per heavy atom. The van der Waals surface area contributed by atoms with E-state index in [9.17, 15) is 4.79 Å². The summed E-state index contributed by atoms with van der Waals surface area (Å²) in [6.07, 6.45) is 9.92. The number of rotatable bonds is 6. The highest BCUT2D eigenvalue weighted by Gasteiger charge is 2.52. The van der Waals surface area contributed by atoms with Gasteiger partial charge in [-0.15, -0.1) is 0 Å². The molecule has 0 radical (unpaired) electrons. The van der Waals surface area contributed by atoms with Crippen LogP contribution < -0.4 is 0 Å². The molecule has 1 aromatic heterocycles. The molecule has 4 aliphatic carbocycles. The van der Waals surface area contributed by atoms with Gasteiger partial charge in [0.05, 0.1) is 0 Å². The van der Waals surface area contributed by atoms with Gasteiger partial charge in [0, 0.05) is 36.0 Å². The van der Waals surface area contributed by atoms with Gasteiger partial charge >= 0.3 is 0 Å². The Morgan fingerprint density at radius 2 is 1.30 bits per heavy atom. The molecule has 7 rings (SSSR count). The molecule has 4 aliphatic rings. The molecule has 0 atom stereocenters. The van der Waals surface area contributed by atoms with Crippen LogP contribution in [0.15, 0.2) is 79.0 Å². The van der Waals surface area contributed by atoms with E-state index in [1.54, 1.807) is 0 Å². The molecule has 0 N–H and O–H groups in total. The topological polar surface area (TPSA) is 33.2 Å². The molecule has 3 aromatic rings. The monoisotopic (exact) mass is 436 g/mol. The number of hydrogen-bond donors (Lipinski definition) is 0. The van der Waals surface area contributed by atoms with Crippen molar-refractivity contribution in [2.24, 2.45) is 17.8 Å². The number of benzene rings is 2. The van der Waals surface area contributed by atoms with Gasteiger partial charge in [-0.05, 0) is 79.5 Å². The molecule has 4 saturated carbocycles. The van der Waals surface area contributed by atoms with Gasteiger partial charge in [0.15, 0.2) is 0 Å². The Hall–Kier alpha value is -2.94. The van der Waals surface area contributed by atoms with E-state index >= 15 is 0 Å². The third-order valence-electron chi connectivity index (χ3n) is 8.31. The first-order valence-electron chi connectivity index (χ1n) is 12.5. The molecule has 2 aromatic carbocycles. The predicted octanol–water partition coefficient (Wildman–Crippen LogP) is 6.39. The zero-order chi connectivity index (χ0) is 22.3. The Kier molecular flexibility index (Phi) is 5.28. The summed E-state index contributed by atoms with van der Waals surface area (Å²) in [5.74, 6) is 2.69. The summed E-state index contributed by atoms with van der Waals surface area (Å²) < 4.78 is 0. The van der Waals surface area contributed by atoms with Crippen molar-refractivity contribution >= 4 is 5.91 Å². The smallest absolute Gasteiger partial charge is 0.254 e. The summed E-state index contributed by atoms with van der Waals surface area (Å²) >= 11 is 0. The van der Waals surface area contributed by atoms with Crippen molar-refractivity contribution < 1.29 is 4.79 Å². The van der Waals surface area contributed by atoms with Crippen LogP contribution in [0.2, 0.25) is 0 Å². The maximum atomic E-state index is 13.8. The average Bonchev–Trinajstić information content (AvgIpc) is 2.84. The highest BCUT2D eigenvalue weighted by molar-refractivity contribution is 5.94. The molecule has 4 bridgehead atoms. The zero-order valence-electron chi connectivity index (χ0n) is 19.2. The SMILES string of the molecule is O=C(c1ccnc(C23CC4CC(CC(C4)C2)C3)c1)N(Cc1ccccc1)Cc1ccccc1. The Labute approximate surface area is 196 Å². The summed E-state index contributed by atoms with van der Waals surface area (Å²) in [5.41, 5.74) is 4.46. The minimum atomic E-state index is 0.0936. The number of nitrogens with zero attached hydrogens (tertiary/aromatic N) is 2. The third-order valence-corrected chi connectivity index (χ3v) is 8.31. The molecule has 0 saturated heterocycles. The Morgan fingerprint density at radius 1 is 0.788 bits per heavy atom.